The summed E-state index contributed by atoms with van der Waals surface area (Å²) in [5.41, 5.74) is 4.96. The van der Waals surface area contributed by atoms with E-state index in [1.54, 1.807) is 6.92 Å². The summed E-state index contributed by atoms with van der Waals surface area (Å²) in [6.07, 6.45) is -4.80. The number of carbonyl (C=O) groups is 2. The number of carbonyl (C=O) groups excluding carboxylic acids is 1. The number of hydrogen-bond donors (Lipinski definition) is 2. The molecule has 0 fully saturated rings. The Labute approximate surface area is 142 Å². The lowest BCUT2D eigenvalue weighted by Crippen LogP contribution is -2.61. The zero-order valence-electron chi connectivity index (χ0n) is 13.6. The lowest BCUT2D eigenvalue weighted by molar-refractivity contribution is -0.138. The van der Waals surface area contributed by atoms with E-state index in [-0.39, 0.29) is 25.1 Å². The van der Waals surface area contributed by atoms with Crippen molar-refractivity contribution in [2.45, 2.75) is 44.4 Å². The van der Waals surface area contributed by atoms with Crippen LogP contribution in [-0.4, -0.2) is 29.4 Å². The van der Waals surface area contributed by atoms with Crippen LogP contribution in [0.15, 0.2) is 18.2 Å². The maximum Gasteiger partial charge on any atom is 0.416 e. The summed E-state index contributed by atoms with van der Waals surface area (Å²) in [5.74, 6) is -1.13. The summed E-state index contributed by atoms with van der Waals surface area (Å²) in [4.78, 5) is 24.1. The molecule has 1 atom stereocenters. The smallest absolute Gasteiger partial charge is 0.416 e. The molecule has 1 amide bonds. The Bertz CT molecular complexity index is 678. The Morgan fingerprint density at radius 2 is 2.08 bits per heavy atom. The van der Waals surface area contributed by atoms with Gasteiger partial charge < -0.3 is 15.6 Å². The first kappa shape index (κ1) is 19.0. The van der Waals surface area contributed by atoms with Gasteiger partial charge in [0.2, 0.25) is 0 Å². The number of amides is 1. The van der Waals surface area contributed by atoms with Crippen molar-refractivity contribution in [2.24, 2.45) is 5.73 Å². The molecule has 0 aromatic heterocycles. The zero-order valence-corrected chi connectivity index (χ0v) is 13.6. The normalized spacial score (nSPS) is 20.1. The molecular weight excluding hydrogens is 341 g/mol. The number of nitrogens with zero attached hydrogens (tertiary/aromatic N) is 1. The Kier molecular flexibility index (Phi) is 5.26. The highest BCUT2D eigenvalue weighted by Crippen LogP contribution is 2.40. The summed E-state index contributed by atoms with van der Waals surface area (Å²) in [6, 6.07) is 3.09. The molecule has 1 aromatic rings. The van der Waals surface area contributed by atoms with Crippen LogP contribution in [0.5, 0.6) is 0 Å². The number of halogens is 3. The van der Waals surface area contributed by atoms with Crippen LogP contribution in [0, 0.1) is 0 Å². The number of nitrogens with two attached hydrogens (primary N) is 1. The molecule has 9 heteroatoms. The first-order valence-corrected chi connectivity index (χ1v) is 7.76. The summed E-state index contributed by atoms with van der Waals surface area (Å²) in [5, 5.41) is 8.61. The van der Waals surface area contributed by atoms with E-state index in [0.717, 1.165) is 17.0 Å². The lowest BCUT2D eigenvalue weighted by atomic mass is 9.89. The van der Waals surface area contributed by atoms with E-state index in [9.17, 15) is 22.8 Å². The molecule has 1 unspecified atom stereocenters. The fourth-order valence-corrected chi connectivity index (χ4v) is 2.79. The summed E-state index contributed by atoms with van der Waals surface area (Å²) in [6.45, 7) is 1.41. The number of aliphatic carboxylic acids is 1. The molecule has 0 saturated carbocycles. The number of aryl methyl sites for hydroxylation is 1. The second-order valence-corrected chi connectivity index (χ2v) is 5.89. The third-order valence-electron chi connectivity index (χ3n) is 4.26. The number of ether oxygens (including phenoxy) is 1. The fraction of sp³-hybridized carbons (Fsp3) is 0.500. The second kappa shape index (κ2) is 6.91. The molecule has 1 heterocycles. The molecule has 0 saturated heterocycles. The molecule has 0 radical (unpaired) electrons. The van der Waals surface area contributed by atoms with E-state index in [0.29, 0.717) is 18.4 Å². The van der Waals surface area contributed by atoms with Crippen molar-refractivity contribution in [1.82, 2.24) is 0 Å². The van der Waals surface area contributed by atoms with Gasteiger partial charge in [0.25, 0.3) is 0 Å². The van der Waals surface area contributed by atoms with Crippen LogP contribution in [0.2, 0.25) is 0 Å². The van der Waals surface area contributed by atoms with Crippen molar-refractivity contribution in [2.75, 3.05) is 11.5 Å². The molecule has 1 aromatic carbocycles. The Morgan fingerprint density at radius 1 is 1.40 bits per heavy atom. The van der Waals surface area contributed by atoms with Gasteiger partial charge in [-0.05, 0) is 43.0 Å². The van der Waals surface area contributed by atoms with Gasteiger partial charge in [-0.3, -0.25) is 9.69 Å². The van der Waals surface area contributed by atoms with Crippen LogP contribution in [0.25, 0.3) is 0 Å². The van der Waals surface area contributed by atoms with Gasteiger partial charge in [0.1, 0.15) is 6.61 Å². The van der Waals surface area contributed by atoms with Crippen LogP contribution >= 0.6 is 0 Å². The predicted molar refractivity (Wildman–Crippen MR) is 83.1 cm³/mol. The average Bonchev–Trinajstić information content (AvgIpc) is 2.52. The molecule has 1 aliphatic rings. The average molecular weight is 360 g/mol. The van der Waals surface area contributed by atoms with E-state index in [2.05, 4.69) is 0 Å². The highest BCUT2D eigenvalue weighted by molar-refractivity contribution is 5.91. The molecule has 1 aliphatic heterocycles. The molecule has 0 bridgehead atoms. The molecule has 2 rings (SSSR count). The number of anilines is 1. The Hall–Kier alpha value is -2.29. The van der Waals surface area contributed by atoms with Crippen LogP contribution < -0.4 is 10.6 Å². The van der Waals surface area contributed by atoms with Crippen molar-refractivity contribution >= 4 is 17.7 Å². The number of hydrogen-bond acceptors (Lipinski definition) is 4. The van der Waals surface area contributed by atoms with Gasteiger partial charge in [0, 0.05) is 0 Å². The summed E-state index contributed by atoms with van der Waals surface area (Å²) < 4.78 is 43.6. The lowest BCUT2D eigenvalue weighted by Gasteiger charge is -2.44. The van der Waals surface area contributed by atoms with E-state index in [1.807, 2.05) is 0 Å². The zero-order chi connectivity index (χ0) is 18.8. The van der Waals surface area contributed by atoms with Gasteiger partial charge in [-0.15, -0.1) is 0 Å². The van der Waals surface area contributed by atoms with Crippen molar-refractivity contribution in [3.8, 4) is 0 Å². The Balaban J connectivity index is 2.35. The number of fused-ring (bicyclic) bond motifs is 1. The second-order valence-electron chi connectivity index (χ2n) is 5.89. The van der Waals surface area contributed by atoms with Gasteiger partial charge in [0.15, 0.2) is 0 Å². The van der Waals surface area contributed by atoms with Gasteiger partial charge in [-0.1, -0.05) is 6.92 Å². The molecule has 0 aliphatic carbocycles. The largest absolute Gasteiger partial charge is 0.481 e. The number of carboxylic acids is 1. The topological polar surface area (TPSA) is 92.9 Å². The minimum absolute atomic E-state index is 0.254. The van der Waals surface area contributed by atoms with E-state index in [1.165, 1.54) is 6.07 Å². The third kappa shape index (κ3) is 4.04. The number of rotatable bonds is 4. The summed E-state index contributed by atoms with van der Waals surface area (Å²) in [7, 11) is 0. The highest BCUT2D eigenvalue weighted by atomic mass is 19.4. The SMILES string of the molecule is CCC1(N)CCc2cc(C(F)(F)F)ccc2N1C(=O)OCCC(=O)O. The monoisotopic (exact) mass is 360 g/mol. The maximum atomic E-state index is 12.9. The van der Waals surface area contributed by atoms with Gasteiger partial charge in [0.05, 0.1) is 23.3 Å². The van der Waals surface area contributed by atoms with E-state index >= 15 is 0 Å². The molecule has 138 valence electrons. The Morgan fingerprint density at radius 3 is 2.64 bits per heavy atom. The highest BCUT2D eigenvalue weighted by Gasteiger charge is 2.42. The third-order valence-corrected chi connectivity index (χ3v) is 4.26. The van der Waals surface area contributed by atoms with E-state index < -0.39 is 29.5 Å². The first-order chi connectivity index (χ1) is 11.6. The quantitative estimate of drug-likeness (QED) is 0.860. The molecule has 0 spiro atoms. The minimum atomic E-state index is -4.48. The van der Waals surface area contributed by atoms with Crippen molar-refractivity contribution in [3.05, 3.63) is 29.3 Å². The standard InChI is InChI=1S/C16H19F3N2O4/c1-2-15(20)7-5-10-9-11(16(17,18)19)3-4-12(10)21(15)14(24)25-8-6-13(22)23/h3-4,9H,2,5-8,20H2,1H3,(H,22,23). The van der Waals surface area contributed by atoms with Crippen LogP contribution in [0.4, 0.5) is 23.7 Å². The molecule has 25 heavy (non-hydrogen) atoms. The van der Waals surface area contributed by atoms with Crippen molar-refractivity contribution in [3.63, 3.8) is 0 Å². The summed E-state index contributed by atoms with van der Waals surface area (Å²) >= 11 is 0. The molecular formula is C16H19F3N2O4. The van der Waals surface area contributed by atoms with Gasteiger partial charge in [-0.2, -0.15) is 13.2 Å². The van der Waals surface area contributed by atoms with Crippen LogP contribution in [0.1, 0.15) is 37.3 Å². The number of alkyl halides is 3. The molecule has 6 nitrogen and oxygen atoms in total. The molecule has 3 N–H and O–H groups in total. The minimum Gasteiger partial charge on any atom is -0.481 e. The van der Waals surface area contributed by atoms with Gasteiger partial charge >= 0.3 is 18.2 Å². The van der Waals surface area contributed by atoms with E-state index in [4.69, 9.17) is 15.6 Å². The van der Waals surface area contributed by atoms with Crippen LogP contribution in [0.3, 0.4) is 0 Å². The van der Waals surface area contributed by atoms with Crippen molar-refractivity contribution < 1.29 is 32.6 Å². The maximum absolute atomic E-state index is 12.9. The predicted octanol–water partition coefficient (Wildman–Crippen LogP) is 3.13. The fourth-order valence-electron chi connectivity index (χ4n) is 2.79. The van der Waals surface area contributed by atoms with Gasteiger partial charge in [-0.25, -0.2) is 4.79 Å². The first-order valence-electron chi connectivity index (χ1n) is 7.76. The number of benzene rings is 1. The number of carboxylic acid groups (broad SMARTS) is 1. The van der Waals surface area contributed by atoms with Crippen molar-refractivity contribution in [1.29, 1.82) is 0 Å². The van der Waals surface area contributed by atoms with Crippen LogP contribution in [-0.2, 0) is 22.1 Å².